The lowest BCUT2D eigenvalue weighted by Crippen LogP contribution is -2.19. The van der Waals surface area contributed by atoms with Gasteiger partial charge in [0.25, 0.3) is 0 Å². The Hall–Kier alpha value is -0.530. The average Bonchev–Trinajstić information content (AvgIpc) is 2.80. The standard InChI is InChI=1S/C32H64O2/c1-7-9-10-11-12-13-14-15-16-17-18-19-20-21-22-23-24-34-32(33)31(6)27-30(5)26-29(4)25-28(3)8-2/h28-31H,7-27H2,1-6H3/t28-,29-,30-,31-/m1/s1. The van der Waals surface area contributed by atoms with E-state index in [0.717, 1.165) is 24.7 Å². The Labute approximate surface area is 215 Å². The monoisotopic (exact) mass is 480 g/mol. The molecule has 0 saturated heterocycles. The van der Waals surface area contributed by atoms with Gasteiger partial charge < -0.3 is 4.74 Å². The van der Waals surface area contributed by atoms with E-state index in [0.29, 0.717) is 12.5 Å². The lowest BCUT2D eigenvalue weighted by atomic mass is 9.85. The molecule has 0 aliphatic carbocycles. The molecule has 0 aromatic heterocycles. The van der Waals surface area contributed by atoms with Gasteiger partial charge in [-0.2, -0.15) is 0 Å². The van der Waals surface area contributed by atoms with Crippen molar-refractivity contribution >= 4 is 5.97 Å². The van der Waals surface area contributed by atoms with E-state index >= 15 is 0 Å². The zero-order chi connectivity index (χ0) is 25.4. The van der Waals surface area contributed by atoms with Crippen LogP contribution in [-0.2, 0) is 9.53 Å². The third kappa shape index (κ3) is 22.0. The van der Waals surface area contributed by atoms with E-state index < -0.39 is 0 Å². The Kier molecular flexibility index (Phi) is 23.8. The van der Waals surface area contributed by atoms with Crippen molar-refractivity contribution < 1.29 is 9.53 Å². The molecule has 4 atom stereocenters. The number of hydrogen-bond acceptors (Lipinski definition) is 2. The average molecular weight is 481 g/mol. The van der Waals surface area contributed by atoms with Crippen LogP contribution in [0, 0.1) is 23.7 Å². The molecular formula is C32H64O2. The first-order valence-corrected chi connectivity index (χ1v) is 15.6. The summed E-state index contributed by atoms with van der Waals surface area (Å²) in [5.74, 6) is 2.20. The fourth-order valence-electron chi connectivity index (χ4n) is 5.40. The first-order valence-electron chi connectivity index (χ1n) is 15.6. The van der Waals surface area contributed by atoms with Crippen LogP contribution in [0.1, 0.15) is 170 Å². The highest BCUT2D eigenvalue weighted by molar-refractivity contribution is 5.71. The van der Waals surface area contributed by atoms with Crippen molar-refractivity contribution in [3.05, 3.63) is 0 Å². The summed E-state index contributed by atoms with van der Waals surface area (Å²) in [5.41, 5.74) is 0. The summed E-state index contributed by atoms with van der Waals surface area (Å²) >= 11 is 0. The highest BCUT2D eigenvalue weighted by atomic mass is 16.5. The van der Waals surface area contributed by atoms with Gasteiger partial charge >= 0.3 is 5.97 Å². The van der Waals surface area contributed by atoms with Gasteiger partial charge in [0.15, 0.2) is 0 Å². The zero-order valence-corrected chi connectivity index (χ0v) is 24.5. The number of hydrogen-bond donors (Lipinski definition) is 0. The van der Waals surface area contributed by atoms with Gasteiger partial charge in [-0.3, -0.25) is 4.79 Å². The maximum Gasteiger partial charge on any atom is 0.308 e. The third-order valence-corrected chi connectivity index (χ3v) is 7.71. The van der Waals surface area contributed by atoms with Crippen LogP contribution in [0.4, 0.5) is 0 Å². The number of rotatable bonds is 25. The van der Waals surface area contributed by atoms with Crippen molar-refractivity contribution in [1.82, 2.24) is 0 Å². The number of carbonyl (C=O) groups excluding carboxylic acids is 1. The summed E-state index contributed by atoms with van der Waals surface area (Å²) in [7, 11) is 0. The molecule has 0 fully saturated rings. The second kappa shape index (κ2) is 24.2. The fraction of sp³-hybridized carbons (Fsp3) is 0.969. The summed E-state index contributed by atoms with van der Waals surface area (Å²) < 4.78 is 5.57. The van der Waals surface area contributed by atoms with Gasteiger partial charge in [0.2, 0.25) is 0 Å². The molecule has 2 heteroatoms. The van der Waals surface area contributed by atoms with Gasteiger partial charge in [-0.1, -0.05) is 144 Å². The van der Waals surface area contributed by atoms with Crippen LogP contribution in [0.15, 0.2) is 0 Å². The Morgan fingerprint density at radius 1 is 0.529 bits per heavy atom. The molecular weight excluding hydrogens is 416 g/mol. The van der Waals surface area contributed by atoms with Gasteiger partial charge in [0.05, 0.1) is 12.5 Å². The number of unbranched alkanes of at least 4 members (excludes halogenated alkanes) is 15. The first-order chi connectivity index (χ1) is 16.4. The predicted molar refractivity (Wildman–Crippen MR) is 151 cm³/mol. The van der Waals surface area contributed by atoms with Crippen LogP contribution in [0.3, 0.4) is 0 Å². The Balaban J connectivity index is 3.48. The zero-order valence-electron chi connectivity index (χ0n) is 24.5. The molecule has 204 valence electrons. The van der Waals surface area contributed by atoms with Crippen LogP contribution < -0.4 is 0 Å². The van der Waals surface area contributed by atoms with Gasteiger partial charge in [-0.15, -0.1) is 0 Å². The van der Waals surface area contributed by atoms with Crippen molar-refractivity contribution in [3.8, 4) is 0 Å². The molecule has 34 heavy (non-hydrogen) atoms. The largest absolute Gasteiger partial charge is 0.465 e. The summed E-state index contributed by atoms with van der Waals surface area (Å²) in [6, 6.07) is 0. The van der Waals surface area contributed by atoms with Crippen molar-refractivity contribution in [3.63, 3.8) is 0 Å². The van der Waals surface area contributed by atoms with Gasteiger partial charge in [0, 0.05) is 0 Å². The molecule has 0 aromatic carbocycles. The summed E-state index contributed by atoms with van der Waals surface area (Å²) in [4.78, 5) is 12.3. The third-order valence-electron chi connectivity index (χ3n) is 7.71. The van der Waals surface area contributed by atoms with E-state index in [2.05, 4.69) is 34.6 Å². The molecule has 0 bridgehead atoms. The first kappa shape index (κ1) is 33.5. The van der Waals surface area contributed by atoms with E-state index in [-0.39, 0.29) is 11.9 Å². The molecule has 0 spiro atoms. The summed E-state index contributed by atoms with van der Waals surface area (Å²) in [6.07, 6.45) is 26.7. The minimum Gasteiger partial charge on any atom is -0.465 e. The molecule has 0 unspecified atom stereocenters. The predicted octanol–water partition coefficient (Wildman–Crippen LogP) is 10.9. The van der Waals surface area contributed by atoms with E-state index in [1.165, 1.54) is 116 Å². The molecule has 0 saturated carbocycles. The van der Waals surface area contributed by atoms with Crippen LogP contribution >= 0.6 is 0 Å². The van der Waals surface area contributed by atoms with Crippen LogP contribution in [0.5, 0.6) is 0 Å². The molecule has 2 nitrogen and oxygen atoms in total. The second-order valence-corrected chi connectivity index (χ2v) is 11.8. The number of carbonyl (C=O) groups is 1. The van der Waals surface area contributed by atoms with Crippen molar-refractivity contribution in [2.24, 2.45) is 23.7 Å². The summed E-state index contributed by atoms with van der Waals surface area (Å²) in [5, 5.41) is 0. The lowest BCUT2D eigenvalue weighted by Gasteiger charge is -2.22. The minimum absolute atomic E-state index is 0.0161. The Morgan fingerprint density at radius 3 is 1.35 bits per heavy atom. The van der Waals surface area contributed by atoms with Crippen molar-refractivity contribution in [1.29, 1.82) is 0 Å². The van der Waals surface area contributed by atoms with Gasteiger partial charge in [0.1, 0.15) is 0 Å². The fourth-order valence-corrected chi connectivity index (χ4v) is 5.40. The van der Waals surface area contributed by atoms with E-state index in [4.69, 9.17) is 4.74 Å². The van der Waals surface area contributed by atoms with Crippen LogP contribution in [0.2, 0.25) is 0 Å². The van der Waals surface area contributed by atoms with E-state index in [9.17, 15) is 4.79 Å². The molecule has 0 aliphatic heterocycles. The Bertz CT molecular complexity index is 433. The second-order valence-electron chi connectivity index (χ2n) is 11.8. The molecule has 0 amide bonds. The molecule has 0 aliphatic rings. The maximum absolute atomic E-state index is 12.3. The summed E-state index contributed by atoms with van der Waals surface area (Å²) in [6.45, 7) is 14.2. The minimum atomic E-state index is 0.0161. The lowest BCUT2D eigenvalue weighted by molar-refractivity contribution is -0.148. The SMILES string of the molecule is CCCCCCCCCCCCCCCCCCOC(=O)[C@H](C)C[C@H](C)C[C@H](C)C[C@H](C)CC. The smallest absolute Gasteiger partial charge is 0.308 e. The topological polar surface area (TPSA) is 26.3 Å². The molecule has 0 heterocycles. The number of esters is 1. The maximum atomic E-state index is 12.3. The molecule has 0 rings (SSSR count). The highest BCUT2D eigenvalue weighted by Crippen LogP contribution is 2.25. The molecule has 0 N–H and O–H groups in total. The van der Waals surface area contributed by atoms with Crippen molar-refractivity contribution in [2.75, 3.05) is 6.61 Å². The molecule has 0 radical (unpaired) electrons. The van der Waals surface area contributed by atoms with Crippen LogP contribution in [-0.4, -0.2) is 12.6 Å². The quantitative estimate of drug-likeness (QED) is 0.0959. The van der Waals surface area contributed by atoms with Crippen molar-refractivity contribution in [2.45, 2.75) is 170 Å². The normalized spacial score (nSPS) is 15.1. The van der Waals surface area contributed by atoms with E-state index in [1.54, 1.807) is 0 Å². The highest BCUT2D eigenvalue weighted by Gasteiger charge is 2.19. The van der Waals surface area contributed by atoms with Gasteiger partial charge in [-0.25, -0.2) is 0 Å². The Morgan fingerprint density at radius 2 is 0.912 bits per heavy atom. The van der Waals surface area contributed by atoms with Gasteiger partial charge in [-0.05, 0) is 43.4 Å². The molecule has 0 aromatic rings. The van der Waals surface area contributed by atoms with Crippen LogP contribution in [0.25, 0.3) is 0 Å². The van der Waals surface area contributed by atoms with E-state index in [1.807, 2.05) is 6.92 Å². The number of ether oxygens (including phenoxy) is 1.